The van der Waals surface area contributed by atoms with Crippen LogP contribution in [0.4, 0.5) is 11.5 Å². The molecule has 0 radical (unpaired) electrons. The maximum atomic E-state index is 8.99. The normalized spacial score (nSPS) is 10.0. The molecule has 0 saturated carbocycles. The van der Waals surface area contributed by atoms with E-state index in [1.807, 2.05) is 38.1 Å². The van der Waals surface area contributed by atoms with Gasteiger partial charge in [0.15, 0.2) is 0 Å². The Balaban J connectivity index is 2.13. The van der Waals surface area contributed by atoms with E-state index in [9.17, 15) is 0 Å². The Labute approximate surface area is 112 Å². The third kappa shape index (κ3) is 3.46. The summed E-state index contributed by atoms with van der Waals surface area (Å²) in [4.78, 5) is 4.15. The van der Waals surface area contributed by atoms with Gasteiger partial charge >= 0.3 is 0 Å². The van der Waals surface area contributed by atoms with E-state index in [0.717, 1.165) is 11.4 Å². The van der Waals surface area contributed by atoms with E-state index in [1.165, 1.54) is 0 Å². The SMILES string of the molecule is CC(C)Oc1ccc(Nc2ncccc2C#N)cc1. The molecule has 19 heavy (non-hydrogen) atoms. The minimum atomic E-state index is 0.153. The molecule has 0 aliphatic carbocycles. The maximum Gasteiger partial charge on any atom is 0.148 e. The molecule has 0 atom stereocenters. The van der Waals surface area contributed by atoms with Gasteiger partial charge in [0.05, 0.1) is 11.7 Å². The quantitative estimate of drug-likeness (QED) is 0.906. The van der Waals surface area contributed by atoms with Gasteiger partial charge in [-0.25, -0.2) is 4.98 Å². The molecular weight excluding hydrogens is 238 g/mol. The monoisotopic (exact) mass is 253 g/mol. The maximum absolute atomic E-state index is 8.99. The Morgan fingerprint density at radius 2 is 1.95 bits per heavy atom. The molecule has 1 heterocycles. The topological polar surface area (TPSA) is 57.9 Å². The van der Waals surface area contributed by atoms with Crippen LogP contribution in [0.3, 0.4) is 0 Å². The largest absolute Gasteiger partial charge is 0.491 e. The van der Waals surface area contributed by atoms with Gasteiger partial charge in [0.2, 0.25) is 0 Å². The number of anilines is 2. The number of hydrogen-bond acceptors (Lipinski definition) is 4. The van der Waals surface area contributed by atoms with E-state index in [4.69, 9.17) is 10.00 Å². The van der Waals surface area contributed by atoms with Crippen LogP contribution in [0.15, 0.2) is 42.6 Å². The number of nitrogens with zero attached hydrogens (tertiary/aromatic N) is 2. The van der Waals surface area contributed by atoms with Gasteiger partial charge in [-0.3, -0.25) is 0 Å². The average molecular weight is 253 g/mol. The van der Waals surface area contributed by atoms with Crippen LogP contribution < -0.4 is 10.1 Å². The molecule has 0 aliphatic rings. The van der Waals surface area contributed by atoms with Gasteiger partial charge in [-0.15, -0.1) is 0 Å². The second-order valence-electron chi connectivity index (χ2n) is 4.33. The highest BCUT2D eigenvalue weighted by atomic mass is 16.5. The minimum Gasteiger partial charge on any atom is -0.491 e. The zero-order valence-electron chi connectivity index (χ0n) is 10.9. The van der Waals surface area contributed by atoms with Gasteiger partial charge < -0.3 is 10.1 Å². The molecule has 0 fully saturated rings. The number of nitrogens with one attached hydrogen (secondary N) is 1. The molecule has 0 bridgehead atoms. The predicted octanol–water partition coefficient (Wildman–Crippen LogP) is 3.48. The van der Waals surface area contributed by atoms with E-state index >= 15 is 0 Å². The fourth-order valence-electron chi connectivity index (χ4n) is 1.62. The van der Waals surface area contributed by atoms with Gasteiger partial charge in [-0.1, -0.05) is 0 Å². The number of benzene rings is 1. The fraction of sp³-hybridized carbons (Fsp3) is 0.200. The summed E-state index contributed by atoms with van der Waals surface area (Å²) in [7, 11) is 0. The van der Waals surface area contributed by atoms with Gasteiger partial charge in [-0.05, 0) is 50.2 Å². The lowest BCUT2D eigenvalue weighted by atomic mass is 10.2. The van der Waals surface area contributed by atoms with Crippen molar-refractivity contribution < 1.29 is 4.74 Å². The molecule has 96 valence electrons. The van der Waals surface area contributed by atoms with Gasteiger partial charge in [0.1, 0.15) is 17.6 Å². The molecule has 2 aromatic rings. The average Bonchev–Trinajstić information content (AvgIpc) is 2.41. The molecule has 0 amide bonds. The fourth-order valence-corrected chi connectivity index (χ4v) is 1.62. The molecule has 0 saturated heterocycles. The third-order valence-electron chi connectivity index (χ3n) is 2.42. The van der Waals surface area contributed by atoms with E-state index in [0.29, 0.717) is 11.4 Å². The first-order valence-corrected chi connectivity index (χ1v) is 6.08. The van der Waals surface area contributed by atoms with Crippen molar-refractivity contribution in [3.05, 3.63) is 48.2 Å². The van der Waals surface area contributed by atoms with Gasteiger partial charge in [-0.2, -0.15) is 5.26 Å². The van der Waals surface area contributed by atoms with Crippen molar-refractivity contribution in [3.63, 3.8) is 0 Å². The molecule has 2 rings (SSSR count). The first-order valence-electron chi connectivity index (χ1n) is 6.08. The summed E-state index contributed by atoms with van der Waals surface area (Å²) in [6.45, 7) is 3.97. The van der Waals surface area contributed by atoms with Crippen molar-refractivity contribution in [1.29, 1.82) is 5.26 Å². The minimum absolute atomic E-state index is 0.153. The predicted molar refractivity (Wildman–Crippen MR) is 74.4 cm³/mol. The number of hydrogen-bond donors (Lipinski definition) is 1. The van der Waals surface area contributed by atoms with Gasteiger partial charge in [0, 0.05) is 11.9 Å². The Hall–Kier alpha value is -2.54. The van der Waals surface area contributed by atoms with Crippen molar-refractivity contribution >= 4 is 11.5 Å². The van der Waals surface area contributed by atoms with Crippen LogP contribution in [0.1, 0.15) is 19.4 Å². The molecule has 0 unspecified atom stereocenters. The Bertz CT molecular complexity index is 585. The number of pyridine rings is 1. The first-order chi connectivity index (χ1) is 9.19. The highest BCUT2D eigenvalue weighted by molar-refractivity contribution is 5.62. The molecule has 0 spiro atoms. The Morgan fingerprint density at radius 1 is 1.21 bits per heavy atom. The third-order valence-corrected chi connectivity index (χ3v) is 2.42. The van der Waals surface area contributed by atoms with E-state index in [-0.39, 0.29) is 6.10 Å². The second kappa shape index (κ2) is 5.87. The lowest BCUT2D eigenvalue weighted by Gasteiger charge is -2.11. The number of nitriles is 1. The summed E-state index contributed by atoms with van der Waals surface area (Å²) < 4.78 is 5.57. The summed E-state index contributed by atoms with van der Waals surface area (Å²) in [6, 6.07) is 13.1. The highest BCUT2D eigenvalue weighted by Crippen LogP contribution is 2.21. The molecule has 4 nitrogen and oxygen atoms in total. The summed E-state index contributed by atoms with van der Waals surface area (Å²) in [5.74, 6) is 1.38. The second-order valence-corrected chi connectivity index (χ2v) is 4.33. The van der Waals surface area contributed by atoms with Crippen molar-refractivity contribution in [2.24, 2.45) is 0 Å². The molecule has 1 aromatic heterocycles. The van der Waals surface area contributed by atoms with Gasteiger partial charge in [0.25, 0.3) is 0 Å². The van der Waals surface area contributed by atoms with E-state index < -0.39 is 0 Å². The zero-order chi connectivity index (χ0) is 13.7. The summed E-state index contributed by atoms with van der Waals surface area (Å²) in [5, 5.41) is 12.1. The van der Waals surface area contributed by atoms with Crippen LogP contribution in [-0.2, 0) is 0 Å². The number of aromatic nitrogens is 1. The molecule has 4 heteroatoms. The van der Waals surface area contributed by atoms with Crippen LogP contribution in [0.25, 0.3) is 0 Å². The summed E-state index contributed by atoms with van der Waals surface area (Å²) >= 11 is 0. The molecule has 0 aliphatic heterocycles. The number of ether oxygens (including phenoxy) is 1. The molecule has 1 N–H and O–H groups in total. The van der Waals surface area contributed by atoms with Crippen LogP contribution in [0.2, 0.25) is 0 Å². The molecular formula is C15H15N3O. The number of rotatable bonds is 4. The zero-order valence-corrected chi connectivity index (χ0v) is 10.9. The van der Waals surface area contributed by atoms with E-state index in [1.54, 1.807) is 18.3 Å². The lowest BCUT2D eigenvalue weighted by molar-refractivity contribution is 0.242. The smallest absolute Gasteiger partial charge is 0.148 e. The Kier molecular flexibility index (Phi) is 3.99. The van der Waals surface area contributed by atoms with Crippen molar-refractivity contribution in [3.8, 4) is 11.8 Å². The Morgan fingerprint density at radius 3 is 2.58 bits per heavy atom. The van der Waals surface area contributed by atoms with Crippen LogP contribution >= 0.6 is 0 Å². The molecule has 1 aromatic carbocycles. The summed E-state index contributed by atoms with van der Waals surface area (Å²) in [5.41, 5.74) is 1.39. The van der Waals surface area contributed by atoms with E-state index in [2.05, 4.69) is 16.4 Å². The highest BCUT2D eigenvalue weighted by Gasteiger charge is 2.03. The van der Waals surface area contributed by atoms with Crippen LogP contribution in [0.5, 0.6) is 5.75 Å². The first kappa shape index (κ1) is 12.9. The van der Waals surface area contributed by atoms with Crippen molar-refractivity contribution in [1.82, 2.24) is 4.98 Å². The summed E-state index contributed by atoms with van der Waals surface area (Å²) in [6.07, 6.45) is 1.80. The van der Waals surface area contributed by atoms with Crippen molar-refractivity contribution in [2.45, 2.75) is 20.0 Å². The van der Waals surface area contributed by atoms with Crippen LogP contribution in [0, 0.1) is 11.3 Å². The van der Waals surface area contributed by atoms with Crippen LogP contribution in [-0.4, -0.2) is 11.1 Å². The standard InChI is InChI=1S/C15H15N3O/c1-11(2)19-14-7-5-13(6-8-14)18-15-12(10-16)4-3-9-17-15/h3-9,11H,1-2H3,(H,17,18). The lowest BCUT2D eigenvalue weighted by Crippen LogP contribution is -2.05. The van der Waals surface area contributed by atoms with Crippen molar-refractivity contribution in [2.75, 3.05) is 5.32 Å².